The highest BCUT2D eigenvalue weighted by molar-refractivity contribution is 5.86. The van der Waals surface area contributed by atoms with Crippen LogP contribution in [-0.4, -0.2) is 36.6 Å². The number of esters is 3. The molecule has 3 saturated carbocycles. The van der Waals surface area contributed by atoms with Crippen LogP contribution in [0.15, 0.2) is 11.6 Å². The number of fused-ring (bicyclic) bond motifs is 5. The smallest absolute Gasteiger partial charge is 0.334 e. The van der Waals surface area contributed by atoms with Crippen molar-refractivity contribution >= 4 is 17.9 Å². The number of rotatable bonds is 3. The summed E-state index contributed by atoms with van der Waals surface area (Å²) in [4.78, 5) is 35.9. The van der Waals surface area contributed by atoms with E-state index in [4.69, 9.17) is 18.9 Å². The van der Waals surface area contributed by atoms with Gasteiger partial charge in [-0.3, -0.25) is 9.59 Å². The van der Waals surface area contributed by atoms with Gasteiger partial charge < -0.3 is 18.9 Å². The molecule has 5 aliphatic rings. The summed E-state index contributed by atoms with van der Waals surface area (Å²) < 4.78 is 22.7. The van der Waals surface area contributed by atoms with Gasteiger partial charge in [0, 0.05) is 31.4 Å². The number of hydrogen-bond donors (Lipinski definition) is 0. The Morgan fingerprint density at radius 1 is 0.917 bits per heavy atom. The van der Waals surface area contributed by atoms with Crippen molar-refractivity contribution in [3.05, 3.63) is 11.6 Å². The first-order valence-electron chi connectivity index (χ1n) is 13.8. The fourth-order valence-electron chi connectivity index (χ4n) is 9.55. The molecule has 2 aliphatic heterocycles. The zero-order valence-corrected chi connectivity index (χ0v) is 22.6. The van der Waals surface area contributed by atoms with Crippen LogP contribution >= 0.6 is 0 Å². The molecular weight excluding hydrogens is 460 g/mol. The molecule has 0 amide bonds. The first kappa shape index (κ1) is 25.7. The molecule has 5 rings (SSSR count). The third-order valence-corrected chi connectivity index (χ3v) is 10.8. The Morgan fingerprint density at radius 3 is 2.33 bits per heavy atom. The van der Waals surface area contributed by atoms with E-state index in [9.17, 15) is 14.4 Å². The molecule has 1 saturated heterocycles. The van der Waals surface area contributed by atoms with E-state index in [1.54, 1.807) is 0 Å². The number of hydrogen-bond acceptors (Lipinski definition) is 7. The minimum atomic E-state index is -1.09. The molecule has 0 bridgehead atoms. The molecule has 200 valence electrons. The van der Waals surface area contributed by atoms with Crippen LogP contribution in [0.4, 0.5) is 0 Å². The second-order valence-corrected chi connectivity index (χ2v) is 13.2. The first-order valence-corrected chi connectivity index (χ1v) is 13.8. The summed E-state index contributed by atoms with van der Waals surface area (Å²) in [5.74, 6) is 0.218. The van der Waals surface area contributed by atoms with Crippen LogP contribution in [0.3, 0.4) is 0 Å². The first-order chi connectivity index (χ1) is 16.8. The lowest BCUT2D eigenvalue weighted by molar-refractivity contribution is -0.270. The summed E-state index contributed by atoms with van der Waals surface area (Å²) in [5.41, 5.74) is 1.22. The maximum absolute atomic E-state index is 12.2. The molecule has 0 spiro atoms. The van der Waals surface area contributed by atoms with Crippen LogP contribution in [0.2, 0.25) is 0 Å². The number of ether oxygens (including phenoxy) is 4. The molecule has 9 atom stereocenters. The molecule has 0 aromatic rings. The molecule has 4 fully saturated rings. The van der Waals surface area contributed by atoms with Gasteiger partial charge in [0.05, 0.1) is 6.10 Å². The predicted octanol–water partition coefficient (Wildman–Crippen LogP) is 5.31. The summed E-state index contributed by atoms with van der Waals surface area (Å²) >= 11 is 0. The zero-order chi connectivity index (χ0) is 26.0. The minimum absolute atomic E-state index is 0.0724. The van der Waals surface area contributed by atoms with Crippen molar-refractivity contribution < 1.29 is 33.3 Å². The van der Waals surface area contributed by atoms with Crippen molar-refractivity contribution in [1.82, 2.24) is 0 Å². The molecule has 0 aromatic carbocycles. The summed E-state index contributed by atoms with van der Waals surface area (Å²) in [7, 11) is 0. The Morgan fingerprint density at radius 2 is 1.64 bits per heavy atom. The Labute approximate surface area is 214 Å². The maximum atomic E-state index is 12.2. The molecule has 2 heterocycles. The standard InChI is InChI=1S/C29H42O7/c1-16(30)33-25-18-8-9-23-28(5,13-10-22-27(3,4)11-7-12-29(22,23)6)20(18)15-21(35-25)19-14-24(32)36-26(19)34-17(2)31/h14,18,20-23,25-26H,7-13,15H2,1-6H3/t18-,20+,21+,22-,23-,25-,26+,28-,29-/m0/s1. The van der Waals surface area contributed by atoms with Crippen LogP contribution < -0.4 is 0 Å². The average Bonchev–Trinajstić information content (AvgIpc) is 3.11. The van der Waals surface area contributed by atoms with Crippen LogP contribution in [0, 0.1) is 39.9 Å². The molecule has 0 radical (unpaired) electrons. The fraction of sp³-hybridized carbons (Fsp3) is 0.828. The minimum Gasteiger partial charge on any atom is -0.436 e. The normalized spacial score (nSPS) is 45.3. The second-order valence-electron chi connectivity index (χ2n) is 13.2. The third kappa shape index (κ3) is 4.10. The van der Waals surface area contributed by atoms with E-state index in [2.05, 4.69) is 27.7 Å². The molecule has 3 aliphatic carbocycles. The van der Waals surface area contributed by atoms with Crippen molar-refractivity contribution in [3.8, 4) is 0 Å². The Bertz CT molecular complexity index is 969. The highest BCUT2D eigenvalue weighted by atomic mass is 16.7. The topological polar surface area (TPSA) is 88.1 Å². The average molecular weight is 503 g/mol. The van der Waals surface area contributed by atoms with Crippen molar-refractivity contribution in [1.29, 1.82) is 0 Å². The second kappa shape index (κ2) is 8.85. The van der Waals surface area contributed by atoms with Gasteiger partial charge in [0.2, 0.25) is 6.29 Å². The highest BCUT2D eigenvalue weighted by Crippen LogP contribution is 2.70. The molecule has 36 heavy (non-hydrogen) atoms. The van der Waals surface area contributed by atoms with Crippen molar-refractivity contribution in [3.63, 3.8) is 0 Å². The highest BCUT2D eigenvalue weighted by Gasteiger charge is 2.64. The predicted molar refractivity (Wildman–Crippen MR) is 131 cm³/mol. The summed E-state index contributed by atoms with van der Waals surface area (Å²) in [6, 6.07) is 0. The Balaban J connectivity index is 1.49. The van der Waals surface area contributed by atoms with Crippen LogP contribution in [0.1, 0.15) is 92.9 Å². The van der Waals surface area contributed by atoms with Gasteiger partial charge in [-0.2, -0.15) is 0 Å². The van der Waals surface area contributed by atoms with Crippen LogP contribution in [0.25, 0.3) is 0 Å². The summed E-state index contributed by atoms with van der Waals surface area (Å²) in [5, 5.41) is 0. The van der Waals surface area contributed by atoms with Crippen molar-refractivity contribution in [2.75, 3.05) is 0 Å². The van der Waals surface area contributed by atoms with Gasteiger partial charge in [0.15, 0.2) is 0 Å². The van der Waals surface area contributed by atoms with Crippen LogP contribution in [0.5, 0.6) is 0 Å². The van der Waals surface area contributed by atoms with Gasteiger partial charge in [-0.25, -0.2) is 4.79 Å². The summed E-state index contributed by atoms with van der Waals surface area (Å²) in [6.07, 6.45) is 8.06. The SMILES string of the molecule is CC(=O)O[C@@H]1OC(=O)C=C1[C@H]1C[C@@H]2[C@H](CC[C@H]3[C@@]2(C)CC[C@H]2C(C)(C)CCC[C@]32C)[C@@H](OC(C)=O)O1. The Kier molecular flexibility index (Phi) is 6.33. The van der Waals surface area contributed by atoms with Crippen LogP contribution in [-0.2, 0) is 33.3 Å². The van der Waals surface area contributed by atoms with E-state index in [1.165, 1.54) is 45.6 Å². The molecule has 0 aromatic heterocycles. The molecule has 7 nitrogen and oxygen atoms in total. The van der Waals surface area contributed by atoms with Gasteiger partial charge in [0.1, 0.15) is 0 Å². The van der Waals surface area contributed by atoms with E-state index in [1.807, 2.05) is 0 Å². The van der Waals surface area contributed by atoms with E-state index < -0.39 is 30.6 Å². The van der Waals surface area contributed by atoms with E-state index in [-0.39, 0.29) is 28.6 Å². The monoisotopic (exact) mass is 502 g/mol. The lowest BCUT2D eigenvalue weighted by Gasteiger charge is -2.67. The van der Waals surface area contributed by atoms with E-state index in [0.29, 0.717) is 29.2 Å². The van der Waals surface area contributed by atoms with E-state index >= 15 is 0 Å². The van der Waals surface area contributed by atoms with E-state index in [0.717, 1.165) is 19.3 Å². The molecule has 0 N–H and O–H groups in total. The van der Waals surface area contributed by atoms with Gasteiger partial charge in [-0.1, -0.05) is 34.1 Å². The number of cyclic esters (lactones) is 1. The van der Waals surface area contributed by atoms with Gasteiger partial charge in [0.25, 0.3) is 6.29 Å². The van der Waals surface area contributed by atoms with Gasteiger partial charge in [-0.05, 0) is 78.9 Å². The largest absolute Gasteiger partial charge is 0.436 e. The molecule has 7 heteroatoms. The third-order valence-electron chi connectivity index (χ3n) is 10.8. The van der Waals surface area contributed by atoms with Gasteiger partial charge >= 0.3 is 17.9 Å². The molecular formula is C29H42O7. The van der Waals surface area contributed by atoms with Crippen molar-refractivity contribution in [2.24, 2.45) is 39.9 Å². The molecule has 0 unspecified atom stereocenters. The van der Waals surface area contributed by atoms with Crippen molar-refractivity contribution in [2.45, 2.75) is 112 Å². The maximum Gasteiger partial charge on any atom is 0.334 e. The Hall–Kier alpha value is -1.89. The lowest BCUT2D eigenvalue weighted by Crippen LogP contribution is -2.62. The lowest BCUT2D eigenvalue weighted by atomic mass is 9.38. The van der Waals surface area contributed by atoms with Gasteiger partial charge in [-0.15, -0.1) is 0 Å². The fourth-order valence-corrected chi connectivity index (χ4v) is 9.55. The number of carbonyl (C=O) groups excluding carboxylic acids is 3. The summed E-state index contributed by atoms with van der Waals surface area (Å²) in [6.45, 7) is 12.6. The zero-order valence-electron chi connectivity index (χ0n) is 22.6. The number of carbonyl (C=O) groups is 3. The quantitative estimate of drug-likeness (QED) is 0.483.